The van der Waals surface area contributed by atoms with Crippen LogP contribution in [0.2, 0.25) is 0 Å². The molecule has 11 nitrogen and oxygen atoms in total. The van der Waals surface area contributed by atoms with Gasteiger partial charge in [-0.15, -0.1) is 0 Å². The van der Waals surface area contributed by atoms with Gasteiger partial charge >= 0.3 is 0 Å². The Hall–Kier alpha value is -0.890. The molecule has 0 aliphatic carbocycles. The molecule has 0 aromatic heterocycles. The van der Waals surface area contributed by atoms with E-state index in [1.807, 2.05) is 0 Å². The first-order valence-corrected chi connectivity index (χ1v) is 7.92. The zero-order chi connectivity index (χ0) is 18.9. The zero-order valence-corrected chi connectivity index (χ0v) is 13.8. The summed E-state index contributed by atoms with van der Waals surface area (Å²) in [6.45, 7) is 2.01. The second kappa shape index (κ2) is 8.20. The maximum Gasteiger partial charge on any atom is 0.217 e. The van der Waals surface area contributed by atoms with E-state index < -0.39 is 73.9 Å². The van der Waals surface area contributed by atoms with Crippen molar-refractivity contribution in [2.24, 2.45) is 0 Å². The molecule has 0 saturated carbocycles. The summed E-state index contributed by atoms with van der Waals surface area (Å²) in [6.07, 6.45) is -12.4. The molecule has 11 heteroatoms. The smallest absolute Gasteiger partial charge is 0.217 e. The molecule has 2 aliphatic heterocycles. The van der Waals surface area contributed by atoms with Gasteiger partial charge in [-0.2, -0.15) is 0 Å². The number of hydrogen-bond acceptors (Lipinski definition) is 10. The summed E-state index contributed by atoms with van der Waals surface area (Å²) >= 11 is 0. The fourth-order valence-electron chi connectivity index (χ4n) is 2.92. The zero-order valence-electron chi connectivity index (χ0n) is 13.8. The molecule has 0 unspecified atom stereocenters. The van der Waals surface area contributed by atoms with Gasteiger partial charge in [-0.1, -0.05) is 0 Å². The monoisotopic (exact) mass is 367 g/mol. The summed E-state index contributed by atoms with van der Waals surface area (Å²) in [5.41, 5.74) is 0. The number of rotatable bonds is 4. The first kappa shape index (κ1) is 20.4. The van der Waals surface area contributed by atoms with Crippen LogP contribution in [-0.4, -0.2) is 105 Å². The third-order valence-electron chi connectivity index (χ3n) is 4.34. The number of amides is 1. The summed E-state index contributed by atoms with van der Waals surface area (Å²) in [6, 6.07) is -1.22. The molecular weight excluding hydrogens is 342 g/mol. The number of carbonyl (C=O) groups excluding carboxylic acids is 1. The predicted octanol–water partition coefficient (Wildman–Crippen LogP) is -4.23. The third-order valence-corrected chi connectivity index (χ3v) is 4.34. The predicted molar refractivity (Wildman–Crippen MR) is 78.8 cm³/mol. The van der Waals surface area contributed by atoms with E-state index in [1.54, 1.807) is 0 Å². The molecule has 25 heavy (non-hydrogen) atoms. The Morgan fingerprint density at radius 2 is 1.68 bits per heavy atom. The van der Waals surface area contributed by atoms with Crippen molar-refractivity contribution in [3.63, 3.8) is 0 Å². The molecule has 2 fully saturated rings. The van der Waals surface area contributed by atoms with Crippen LogP contribution in [0.5, 0.6) is 0 Å². The van der Waals surface area contributed by atoms with Crippen molar-refractivity contribution in [2.45, 2.75) is 75.2 Å². The molecule has 2 heterocycles. The third kappa shape index (κ3) is 4.27. The molecule has 2 saturated heterocycles. The van der Waals surface area contributed by atoms with E-state index in [0.717, 1.165) is 0 Å². The Bertz CT molecular complexity index is 465. The van der Waals surface area contributed by atoms with E-state index in [-0.39, 0.29) is 0 Å². The van der Waals surface area contributed by atoms with Crippen molar-refractivity contribution in [3.05, 3.63) is 0 Å². The maximum absolute atomic E-state index is 11.3. The first-order valence-electron chi connectivity index (χ1n) is 7.92. The molecule has 2 aliphatic rings. The van der Waals surface area contributed by atoms with Gasteiger partial charge in [-0.25, -0.2) is 0 Å². The van der Waals surface area contributed by atoms with Gasteiger partial charge < -0.3 is 50.2 Å². The average molecular weight is 367 g/mol. The van der Waals surface area contributed by atoms with Crippen molar-refractivity contribution in [1.29, 1.82) is 0 Å². The van der Waals surface area contributed by atoms with Gasteiger partial charge in [0.15, 0.2) is 12.6 Å². The standard InChI is InChI=1S/C14H25NO10/c1-4-8(18)10(20)11(21)14(23-4)25-12-7(15-5(2)17)13(22)24-6(3-16)9(12)19/h4,6-14,16,18-22H,3H2,1-2H3,(H,15,17)/t4-,6+,7+,8+,9+,10+,11-,12+,13-,14+/m0/s1. The highest BCUT2D eigenvalue weighted by atomic mass is 16.7. The topological polar surface area (TPSA) is 178 Å². The fraction of sp³-hybridized carbons (Fsp3) is 0.929. The van der Waals surface area contributed by atoms with Gasteiger partial charge in [0.2, 0.25) is 5.91 Å². The normalized spacial score (nSPS) is 48.2. The van der Waals surface area contributed by atoms with Gasteiger partial charge in [0.25, 0.3) is 0 Å². The molecule has 7 N–H and O–H groups in total. The molecule has 1 amide bonds. The molecule has 0 aromatic rings. The summed E-state index contributed by atoms with van der Waals surface area (Å²) in [7, 11) is 0. The number of aliphatic hydroxyl groups excluding tert-OH is 6. The summed E-state index contributed by atoms with van der Waals surface area (Å²) in [4.78, 5) is 11.3. The molecule has 0 bridgehead atoms. The van der Waals surface area contributed by atoms with Crippen LogP contribution in [0.15, 0.2) is 0 Å². The lowest BCUT2D eigenvalue weighted by molar-refractivity contribution is -0.337. The minimum Gasteiger partial charge on any atom is -0.394 e. The maximum atomic E-state index is 11.3. The number of hydrogen-bond donors (Lipinski definition) is 7. The van der Waals surface area contributed by atoms with E-state index in [4.69, 9.17) is 14.2 Å². The van der Waals surface area contributed by atoms with Gasteiger partial charge in [0, 0.05) is 6.92 Å². The summed E-state index contributed by atoms with van der Waals surface area (Å²) in [5, 5.41) is 61.5. The van der Waals surface area contributed by atoms with Crippen LogP contribution >= 0.6 is 0 Å². The van der Waals surface area contributed by atoms with Crippen LogP contribution in [0.3, 0.4) is 0 Å². The summed E-state index contributed by atoms with van der Waals surface area (Å²) in [5.74, 6) is -0.537. The van der Waals surface area contributed by atoms with Crippen molar-refractivity contribution in [3.8, 4) is 0 Å². The van der Waals surface area contributed by atoms with E-state index in [0.29, 0.717) is 0 Å². The molecule has 10 atom stereocenters. The Labute approximate surface area is 143 Å². The first-order chi connectivity index (χ1) is 11.7. The minimum absolute atomic E-state index is 0.537. The van der Waals surface area contributed by atoms with Gasteiger partial charge in [0.1, 0.15) is 42.7 Å². The lowest BCUT2D eigenvalue weighted by Crippen LogP contribution is -2.67. The van der Waals surface area contributed by atoms with Crippen LogP contribution in [-0.2, 0) is 19.0 Å². The number of aliphatic hydroxyl groups is 6. The van der Waals surface area contributed by atoms with Crippen LogP contribution in [0.25, 0.3) is 0 Å². The second-order valence-electron chi connectivity index (χ2n) is 6.25. The van der Waals surface area contributed by atoms with Crippen LogP contribution in [0, 0.1) is 0 Å². The Morgan fingerprint density at radius 3 is 2.24 bits per heavy atom. The number of nitrogens with one attached hydrogen (secondary N) is 1. The minimum atomic E-state index is -1.64. The fourth-order valence-corrected chi connectivity index (χ4v) is 2.92. The quantitative estimate of drug-likeness (QED) is 0.257. The molecule has 0 radical (unpaired) electrons. The lowest BCUT2D eigenvalue weighted by atomic mass is 9.95. The van der Waals surface area contributed by atoms with E-state index in [1.165, 1.54) is 13.8 Å². The molecular formula is C14H25NO10. The molecule has 146 valence electrons. The van der Waals surface area contributed by atoms with Crippen LogP contribution < -0.4 is 5.32 Å². The van der Waals surface area contributed by atoms with Crippen molar-refractivity contribution >= 4 is 5.91 Å². The Morgan fingerprint density at radius 1 is 1.04 bits per heavy atom. The van der Waals surface area contributed by atoms with Gasteiger partial charge in [-0.05, 0) is 6.92 Å². The number of carbonyl (C=O) groups is 1. The van der Waals surface area contributed by atoms with E-state index in [9.17, 15) is 35.4 Å². The molecule has 0 aromatic carbocycles. The Balaban J connectivity index is 2.20. The van der Waals surface area contributed by atoms with Gasteiger partial charge in [0.05, 0.1) is 12.7 Å². The molecule has 0 spiro atoms. The highest BCUT2D eigenvalue weighted by Crippen LogP contribution is 2.28. The second-order valence-corrected chi connectivity index (χ2v) is 6.25. The van der Waals surface area contributed by atoms with Gasteiger partial charge in [-0.3, -0.25) is 4.79 Å². The van der Waals surface area contributed by atoms with E-state index in [2.05, 4.69) is 5.32 Å². The van der Waals surface area contributed by atoms with Crippen molar-refractivity contribution in [1.82, 2.24) is 5.32 Å². The van der Waals surface area contributed by atoms with Crippen molar-refractivity contribution < 1.29 is 49.6 Å². The summed E-state index contributed by atoms with van der Waals surface area (Å²) < 4.78 is 15.8. The Kier molecular flexibility index (Phi) is 6.70. The van der Waals surface area contributed by atoms with Crippen LogP contribution in [0.1, 0.15) is 13.8 Å². The highest BCUT2D eigenvalue weighted by Gasteiger charge is 2.50. The van der Waals surface area contributed by atoms with Crippen molar-refractivity contribution in [2.75, 3.05) is 6.61 Å². The average Bonchev–Trinajstić information content (AvgIpc) is 2.56. The lowest BCUT2D eigenvalue weighted by Gasteiger charge is -2.46. The van der Waals surface area contributed by atoms with Crippen LogP contribution in [0.4, 0.5) is 0 Å². The largest absolute Gasteiger partial charge is 0.394 e. The SMILES string of the molecule is CC(=O)N[C@@H]1[C@@H](O[C@H]2O[C@@H](C)[C@@H](O)[C@@H](O)[C@@H]2O)[C@H](O)[C@@H](CO)O[C@@H]1O. The highest BCUT2D eigenvalue weighted by molar-refractivity contribution is 5.73. The molecule has 2 rings (SSSR count). The van der Waals surface area contributed by atoms with E-state index >= 15 is 0 Å². The number of ether oxygens (including phenoxy) is 3.